The topological polar surface area (TPSA) is 9.23 Å². The van der Waals surface area contributed by atoms with E-state index in [0.717, 1.165) is 6.61 Å². The van der Waals surface area contributed by atoms with Crippen molar-refractivity contribution in [1.82, 2.24) is 0 Å². The number of hydrogen-bond acceptors (Lipinski definition) is 1. The molecule has 2 rings (SSSR count). The first-order valence-corrected chi connectivity index (χ1v) is 5.01. The van der Waals surface area contributed by atoms with Gasteiger partial charge in [-0.2, -0.15) is 0 Å². The molecule has 1 saturated heterocycles. The van der Waals surface area contributed by atoms with Crippen molar-refractivity contribution in [3.63, 3.8) is 0 Å². The fourth-order valence-electron chi connectivity index (χ4n) is 2.53. The Labute approximate surface area is 74.8 Å². The van der Waals surface area contributed by atoms with Gasteiger partial charge in [0.05, 0.1) is 12.2 Å². The molecule has 1 heteroatoms. The van der Waals surface area contributed by atoms with Gasteiger partial charge in [0.2, 0.25) is 0 Å². The molecule has 1 aliphatic carbocycles. The van der Waals surface area contributed by atoms with Gasteiger partial charge in [-0.05, 0) is 26.2 Å². The average molecular weight is 166 g/mol. The Hall–Kier alpha value is -0.300. The van der Waals surface area contributed by atoms with E-state index in [4.69, 9.17) is 4.74 Å². The maximum absolute atomic E-state index is 5.91. The van der Waals surface area contributed by atoms with Crippen LogP contribution in [0.1, 0.15) is 39.0 Å². The summed E-state index contributed by atoms with van der Waals surface area (Å²) in [5, 5.41) is 0. The lowest BCUT2D eigenvalue weighted by Crippen LogP contribution is -2.22. The van der Waals surface area contributed by atoms with E-state index < -0.39 is 0 Å². The average Bonchev–Trinajstić information content (AvgIpc) is 2.62. The van der Waals surface area contributed by atoms with E-state index >= 15 is 0 Å². The molecular weight excluding hydrogens is 148 g/mol. The highest BCUT2D eigenvalue weighted by molar-refractivity contribution is 5.05. The van der Waals surface area contributed by atoms with Gasteiger partial charge in [-0.3, -0.25) is 0 Å². The van der Waals surface area contributed by atoms with Crippen molar-refractivity contribution in [2.45, 2.75) is 44.6 Å². The first-order valence-electron chi connectivity index (χ1n) is 5.01. The molecule has 0 amide bonds. The predicted octanol–water partition coefficient (Wildman–Crippen LogP) is 2.91. The minimum atomic E-state index is 0.281. The van der Waals surface area contributed by atoms with Gasteiger partial charge in [0.1, 0.15) is 0 Å². The zero-order valence-electron chi connectivity index (χ0n) is 7.94. The minimum Gasteiger partial charge on any atom is -0.374 e. The lowest BCUT2D eigenvalue weighted by atomic mass is 9.89. The Kier molecular flexibility index (Phi) is 1.99. The van der Waals surface area contributed by atoms with E-state index in [1.807, 2.05) is 0 Å². The molecule has 1 saturated carbocycles. The van der Waals surface area contributed by atoms with Crippen LogP contribution in [0.4, 0.5) is 0 Å². The van der Waals surface area contributed by atoms with Gasteiger partial charge in [0, 0.05) is 5.92 Å². The summed E-state index contributed by atoms with van der Waals surface area (Å²) in [5.41, 5.74) is 1.59. The molecule has 1 nitrogen and oxygen atoms in total. The summed E-state index contributed by atoms with van der Waals surface area (Å²) in [6, 6.07) is 0. The van der Waals surface area contributed by atoms with Crippen molar-refractivity contribution in [2.24, 2.45) is 5.92 Å². The number of rotatable bonds is 1. The summed E-state index contributed by atoms with van der Waals surface area (Å²) in [7, 11) is 0. The second kappa shape index (κ2) is 2.88. The summed E-state index contributed by atoms with van der Waals surface area (Å²) in [4.78, 5) is 0. The van der Waals surface area contributed by atoms with E-state index in [-0.39, 0.29) is 5.60 Å². The highest BCUT2D eigenvalue weighted by Gasteiger charge is 2.42. The quantitative estimate of drug-likeness (QED) is 0.544. The molecule has 1 spiro atoms. The van der Waals surface area contributed by atoms with Crippen molar-refractivity contribution < 1.29 is 4.74 Å². The van der Waals surface area contributed by atoms with Crippen molar-refractivity contribution in [2.75, 3.05) is 6.61 Å². The van der Waals surface area contributed by atoms with E-state index in [9.17, 15) is 0 Å². The summed E-state index contributed by atoms with van der Waals surface area (Å²) < 4.78 is 5.91. The van der Waals surface area contributed by atoms with Crippen LogP contribution in [0.3, 0.4) is 0 Å². The molecule has 1 aliphatic heterocycles. The molecule has 0 aromatic heterocycles. The Bertz CT molecular complexity index is 189. The second-order valence-electron chi connectivity index (χ2n) is 4.45. The Morgan fingerprint density at radius 3 is 2.58 bits per heavy atom. The second-order valence-corrected chi connectivity index (χ2v) is 4.45. The molecule has 2 fully saturated rings. The molecule has 1 heterocycles. The summed E-state index contributed by atoms with van der Waals surface area (Å²) in [5.74, 6) is 0.642. The maximum Gasteiger partial charge on any atom is 0.0689 e. The van der Waals surface area contributed by atoms with Gasteiger partial charge >= 0.3 is 0 Å². The van der Waals surface area contributed by atoms with Gasteiger partial charge in [0.25, 0.3) is 0 Å². The Balaban J connectivity index is 2.01. The number of ether oxygens (including phenoxy) is 1. The monoisotopic (exact) mass is 166 g/mol. The van der Waals surface area contributed by atoms with Crippen LogP contribution in [-0.4, -0.2) is 12.2 Å². The first-order chi connectivity index (χ1) is 5.72. The standard InChI is InChI=1S/C11H18O/c1-9(2)10-7-11(12-8-10)5-3-4-6-11/h10H,1,3-8H2,2H3. The van der Waals surface area contributed by atoms with Gasteiger partial charge in [-0.15, -0.1) is 0 Å². The van der Waals surface area contributed by atoms with E-state index in [1.165, 1.54) is 37.7 Å². The molecule has 0 bridgehead atoms. The molecule has 12 heavy (non-hydrogen) atoms. The van der Waals surface area contributed by atoms with Crippen molar-refractivity contribution in [3.05, 3.63) is 12.2 Å². The summed E-state index contributed by atoms with van der Waals surface area (Å²) in [6.45, 7) is 7.06. The fourth-order valence-corrected chi connectivity index (χ4v) is 2.53. The smallest absolute Gasteiger partial charge is 0.0689 e. The van der Waals surface area contributed by atoms with Crippen LogP contribution in [0.5, 0.6) is 0 Å². The molecule has 0 aromatic carbocycles. The highest BCUT2D eigenvalue weighted by Crippen LogP contribution is 2.44. The minimum absolute atomic E-state index is 0.281. The van der Waals surface area contributed by atoms with E-state index in [0.29, 0.717) is 5.92 Å². The van der Waals surface area contributed by atoms with Crippen LogP contribution in [0.2, 0.25) is 0 Å². The van der Waals surface area contributed by atoms with Crippen molar-refractivity contribution >= 4 is 0 Å². The van der Waals surface area contributed by atoms with Crippen LogP contribution < -0.4 is 0 Å². The summed E-state index contributed by atoms with van der Waals surface area (Å²) >= 11 is 0. The van der Waals surface area contributed by atoms with Crippen molar-refractivity contribution in [3.8, 4) is 0 Å². The lowest BCUT2D eigenvalue weighted by molar-refractivity contribution is 0.00979. The van der Waals surface area contributed by atoms with Gasteiger partial charge in [-0.25, -0.2) is 0 Å². The van der Waals surface area contributed by atoms with Crippen molar-refractivity contribution in [1.29, 1.82) is 0 Å². The molecule has 68 valence electrons. The van der Waals surface area contributed by atoms with Gasteiger partial charge in [-0.1, -0.05) is 25.0 Å². The molecule has 1 atom stereocenters. The maximum atomic E-state index is 5.91. The fraction of sp³-hybridized carbons (Fsp3) is 0.818. The highest BCUT2D eigenvalue weighted by atomic mass is 16.5. The third kappa shape index (κ3) is 1.31. The van der Waals surface area contributed by atoms with E-state index in [1.54, 1.807) is 0 Å². The number of hydrogen-bond donors (Lipinski definition) is 0. The Morgan fingerprint density at radius 2 is 2.08 bits per heavy atom. The molecule has 0 N–H and O–H groups in total. The SMILES string of the molecule is C=C(C)C1COC2(CCCC2)C1. The molecule has 0 radical (unpaired) electrons. The van der Waals surface area contributed by atoms with E-state index in [2.05, 4.69) is 13.5 Å². The van der Waals surface area contributed by atoms with Crippen LogP contribution in [-0.2, 0) is 4.74 Å². The van der Waals surface area contributed by atoms with Gasteiger partial charge < -0.3 is 4.74 Å². The first kappa shape index (κ1) is 8.31. The predicted molar refractivity (Wildman–Crippen MR) is 50.1 cm³/mol. The third-order valence-electron chi connectivity index (χ3n) is 3.42. The van der Waals surface area contributed by atoms with Crippen LogP contribution in [0, 0.1) is 5.92 Å². The Morgan fingerprint density at radius 1 is 1.42 bits per heavy atom. The summed E-state index contributed by atoms with van der Waals surface area (Å²) in [6.07, 6.45) is 6.54. The van der Waals surface area contributed by atoms with Crippen LogP contribution in [0.15, 0.2) is 12.2 Å². The zero-order valence-corrected chi connectivity index (χ0v) is 7.94. The third-order valence-corrected chi connectivity index (χ3v) is 3.42. The van der Waals surface area contributed by atoms with Gasteiger partial charge in [0.15, 0.2) is 0 Å². The molecule has 0 aromatic rings. The van der Waals surface area contributed by atoms with Crippen LogP contribution in [0.25, 0.3) is 0 Å². The molecule has 1 unspecified atom stereocenters. The lowest BCUT2D eigenvalue weighted by Gasteiger charge is -2.21. The molecular formula is C11H18O. The molecule has 2 aliphatic rings. The zero-order chi connectivity index (χ0) is 8.60. The van der Waals surface area contributed by atoms with Crippen LogP contribution >= 0.6 is 0 Å². The largest absolute Gasteiger partial charge is 0.374 e. The normalized spacial score (nSPS) is 32.9.